The molecule has 1 atom stereocenters. The summed E-state index contributed by atoms with van der Waals surface area (Å²) in [4.78, 5) is 17.4. The van der Waals surface area contributed by atoms with Gasteiger partial charge in [0.15, 0.2) is 0 Å². The zero-order valence-corrected chi connectivity index (χ0v) is 13.4. The van der Waals surface area contributed by atoms with Gasteiger partial charge in [0.05, 0.1) is 26.4 Å². The van der Waals surface area contributed by atoms with E-state index in [0.717, 1.165) is 11.1 Å². The van der Waals surface area contributed by atoms with Crippen LogP contribution in [-0.4, -0.2) is 42.3 Å². The fourth-order valence-corrected chi connectivity index (χ4v) is 1.46. The second-order valence-corrected chi connectivity index (χ2v) is 6.08. The van der Waals surface area contributed by atoms with Gasteiger partial charge in [0.1, 0.15) is 6.10 Å². The van der Waals surface area contributed by atoms with Gasteiger partial charge < -0.3 is 19.3 Å². The van der Waals surface area contributed by atoms with E-state index in [0.29, 0.717) is 13.2 Å². The largest absolute Gasteiger partial charge is 0.469 e. The molecule has 0 unspecified atom stereocenters. The summed E-state index contributed by atoms with van der Waals surface area (Å²) in [5.74, 6) is 0. The van der Waals surface area contributed by atoms with Gasteiger partial charge in [0.25, 0.3) is 0 Å². The molecule has 0 aromatic carbocycles. The number of allylic oxidation sites excluding steroid dienone is 2. The first-order valence-electron chi connectivity index (χ1n) is 6.37. The van der Waals surface area contributed by atoms with Gasteiger partial charge in [-0.1, -0.05) is 23.3 Å². The van der Waals surface area contributed by atoms with E-state index in [1.807, 2.05) is 39.8 Å². The molecule has 0 aromatic rings. The van der Waals surface area contributed by atoms with Crippen LogP contribution in [-0.2, 0) is 18.6 Å². The van der Waals surface area contributed by atoms with E-state index in [9.17, 15) is 4.57 Å². The van der Waals surface area contributed by atoms with Gasteiger partial charge in [0, 0.05) is 0 Å². The third-order valence-electron chi connectivity index (χ3n) is 2.17. The summed E-state index contributed by atoms with van der Waals surface area (Å²) in [5, 5.41) is 0. The van der Waals surface area contributed by atoms with Gasteiger partial charge in [-0.15, -0.1) is 0 Å². The Balaban J connectivity index is 4.20. The maximum absolute atomic E-state index is 10.7. The van der Waals surface area contributed by atoms with Crippen molar-refractivity contribution in [1.82, 2.24) is 0 Å². The van der Waals surface area contributed by atoms with Crippen LogP contribution in [0.2, 0.25) is 0 Å². The predicted molar refractivity (Wildman–Crippen MR) is 77.4 cm³/mol. The molecule has 0 spiro atoms. The van der Waals surface area contributed by atoms with E-state index >= 15 is 0 Å². The summed E-state index contributed by atoms with van der Waals surface area (Å²) < 4.78 is 26.0. The smallest absolute Gasteiger partial charge is 0.375 e. The number of phosphoric ester groups is 1. The average Bonchev–Trinajstić information content (AvgIpc) is 2.28. The Hall–Kier alpha value is -0.490. The summed E-state index contributed by atoms with van der Waals surface area (Å²) in [6.45, 7) is 8.58. The van der Waals surface area contributed by atoms with Gasteiger partial charge in [-0.2, -0.15) is 0 Å². The highest BCUT2D eigenvalue weighted by atomic mass is 31.2. The molecule has 0 saturated carbocycles. The van der Waals surface area contributed by atoms with Crippen molar-refractivity contribution in [2.45, 2.75) is 33.8 Å². The summed E-state index contributed by atoms with van der Waals surface area (Å²) >= 11 is 0. The van der Waals surface area contributed by atoms with Crippen molar-refractivity contribution >= 4 is 7.82 Å². The molecule has 0 aliphatic carbocycles. The van der Waals surface area contributed by atoms with Crippen molar-refractivity contribution in [3.05, 3.63) is 23.3 Å². The molecule has 0 bridgehead atoms. The number of hydrogen-bond acceptors (Lipinski definition) is 4. The van der Waals surface area contributed by atoms with Crippen LogP contribution >= 0.6 is 7.82 Å². The van der Waals surface area contributed by atoms with Crippen LogP contribution < -0.4 is 0 Å². The van der Waals surface area contributed by atoms with Crippen LogP contribution in [0.25, 0.3) is 0 Å². The number of rotatable bonds is 10. The van der Waals surface area contributed by atoms with E-state index in [1.54, 1.807) is 0 Å². The van der Waals surface area contributed by atoms with E-state index in [1.165, 1.54) is 0 Å². The number of phosphoric acid groups is 1. The Morgan fingerprint density at radius 3 is 2.10 bits per heavy atom. The molecule has 0 heterocycles. The van der Waals surface area contributed by atoms with E-state index < -0.39 is 13.9 Å². The third kappa shape index (κ3) is 13.9. The molecule has 0 rings (SSSR count). The van der Waals surface area contributed by atoms with Crippen LogP contribution in [0.15, 0.2) is 23.3 Å². The van der Waals surface area contributed by atoms with Gasteiger partial charge in [-0.05, 0) is 27.7 Å². The molecule has 2 N–H and O–H groups in total. The summed E-state index contributed by atoms with van der Waals surface area (Å²) in [6, 6.07) is 0. The normalized spacial score (nSPS) is 12.9. The highest BCUT2D eigenvalue weighted by Crippen LogP contribution is 2.35. The van der Waals surface area contributed by atoms with Crippen molar-refractivity contribution in [2.75, 3.05) is 26.4 Å². The lowest BCUT2D eigenvalue weighted by molar-refractivity contribution is -0.0266. The Morgan fingerprint density at radius 2 is 1.60 bits per heavy atom. The summed E-state index contributed by atoms with van der Waals surface area (Å²) in [7, 11) is -4.49. The molecule has 0 aliphatic heterocycles. The maximum atomic E-state index is 10.7. The highest BCUT2D eigenvalue weighted by molar-refractivity contribution is 7.46. The first-order chi connectivity index (χ1) is 9.20. The molecule has 0 aromatic heterocycles. The second kappa shape index (κ2) is 10.3. The fourth-order valence-electron chi connectivity index (χ4n) is 1.10. The standard InChI is InChI=1S/C13H25O6P/c1-11(2)5-7-17-9-13(10-19-20(14,15)16)18-8-6-12(3)4/h5-6,13H,7-10H2,1-4H3,(H2,14,15,16)/t13-/m1/s1. The Bertz CT molecular complexity index is 363. The highest BCUT2D eigenvalue weighted by Gasteiger charge is 2.18. The third-order valence-corrected chi connectivity index (χ3v) is 2.65. The SMILES string of the molecule is CC(C)=CCOC[C@H](COP(=O)(O)O)OCC=C(C)C. The summed E-state index contributed by atoms with van der Waals surface area (Å²) in [5.41, 5.74) is 2.24. The van der Waals surface area contributed by atoms with Crippen molar-refractivity contribution < 1.29 is 28.3 Å². The zero-order valence-electron chi connectivity index (χ0n) is 12.5. The van der Waals surface area contributed by atoms with Crippen molar-refractivity contribution in [2.24, 2.45) is 0 Å². The molecule has 0 radical (unpaired) electrons. The first kappa shape index (κ1) is 19.5. The molecule has 0 saturated heterocycles. The van der Waals surface area contributed by atoms with E-state index in [-0.39, 0.29) is 13.2 Å². The van der Waals surface area contributed by atoms with E-state index in [2.05, 4.69) is 4.52 Å². The minimum atomic E-state index is -4.49. The quantitative estimate of drug-likeness (QED) is 0.366. The summed E-state index contributed by atoms with van der Waals surface area (Å²) in [6.07, 6.45) is 3.26. The molecule has 0 amide bonds. The Morgan fingerprint density at radius 1 is 1.05 bits per heavy atom. The van der Waals surface area contributed by atoms with Gasteiger partial charge >= 0.3 is 7.82 Å². The van der Waals surface area contributed by atoms with Crippen LogP contribution in [0.4, 0.5) is 0 Å². The molecular formula is C13H25O6P. The zero-order chi connectivity index (χ0) is 15.6. The monoisotopic (exact) mass is 308 g/mol. The Kier molecular flexibility index (Phi) is 10.0. The van der Waals surface area contributed by atoms with Crippen LogP contribution in [0.3, 0.4) is 0 Å². The second-order valence-electron chi connectivity index (χ2n) is 4.84. The van der Waals surface area contributed by atoms with Gasteiger partial charge in [-0.25, -0.2) is 4.57 Å². The van der Waals surface area contributed by atoms with Crippen molar-refractivity contribution in [1.29, 1.82) is 0 Å². The van der Waals surface area contributed by atoms with Crippen molar-refractivity contribution in [3.63, 3.8) is 0 Å². The topological polar surface area (TPSA) is 85.2 Å². The van der Waals surface area contributed by atoms with Gasteiger partial charge in [0.2, 0.25) is 0 Å². The van der Waals surface area contributed by atoms with E-state index in [4.69, 9.17) is 19.3 Å². The van der Waals surface area contributed by atoms with Gasteiger partial charge in [-0.3, -0.25) is 4.52 Å². The minimum Gasteiger partial charge on any atom is -0.375 e. The molecule has 20 heavy (non-hydrogen) atoms. The molecule has 0 aliphatic rings. The Labute approximate surface area is 120 Å². The average molecular weight is 308 g/mol. The van der Waals surface area contributed by atoms with Crippen molar-refractivity contribution in [3.8, 4) is 0 Å². The first-order valence-corrected chi connectivity index (χ1v) is 7.90. The van der Waals surface area contributed by atoms with Crippen LogP contribution in [0.5, 0.6) is 0 Å². The molecule has 0 fully saturated rings. The number of hydrogen-bond donors (Lipinski definition) is 2. The number of ether oxygens (including phenoxy) is 2. The molecule has 6 nitrogen and oxygen atoms in total. The molecular weight excluding hydrogens is 283 g/mol. The lowest BCUT2D eigenvalue weighted by Gasteiger charge is -2.17. The molecule has 7 heteroatoms. The molecule has 118 valence electrons. The fraction of sp³-hybridized carbons (Fsp3) is 0.692. The van der Waals surface area contributed by atoms with Crippen LogP contribution in [0.1, 0.15) is 27.7 Å². The maximum Gasteiger partial charge on any atom is 0.469 e. The van der Waals surface area contributed by atoms with Crippen LogP contribution in [0, 0.1) is 0 Å². The lowest BCUT2D eigenvalue weighted by Crippen LogP contribution is -2.25. The lowest BCUT2D eigenvalue weighted by atomic mass is 10.3. The predicted octanol–water partition coefficient (Wildman–Crippen LogP) is 2.43. The minimum absolute atomic E-state index is 0.209.